The van der Waals surface area contributed by atoms with Gasteiger partial charge < -0.3 is 10.1 Å². The molecule has 0 heterocycles. The van der Waals surface area contributed by atoms with E-state index in [-0.39, 0.29) is 23.4 Å². The summed E-state index contributed by atoms with van der Waals surface area (Å²) in [4.78, 5) is 36.2. The van der Waals surface area contributed by atoms with E-state index in [1.807, 2.05) is 19.2 Å². The van der Waals surface area contributed by atoms with Crippen molar-refractivity contribution in [2.24, 2.45) is 0 Å². The summed E-state index contributed by atoms with van der Waals surface area (Å²) in [7, 11) is 0. The van der Waals surface area contributed by atoms with Crippen LogP contribution in [0, 0.1) is 0 Å². The summed E-state index contributed by atoms with van der Waals surface area (Å²) < 4.78 is 5.22. The van der Waals surface area contributed by atoms with Crippen molar-refractivity contribution in [3.8, 4) is 0 Å². The van der Waals surface area contributed by atoms with E-state index >= 15 is 0 Å². The van der Waals surface area contributed by atoms with Gasteiger partial charge in [0.2, 0.25) is 11.0 Å². The van der Waals surface area contributed by atoms with Gasteiger partial charge in [0.1, 0.15) is 6.04 Å². The number of amides is 1. The van der Waals surface area contributed by atoms with Crippen LogP contribution in [0.2, 0.25) is 0 Å². The normalized spacial score (nSPS) is 11.6. The fourth-order valence-corrected chi connectivity index (χ4v) is 3.31. The van der Waals surface area contributed by atoms with E-state index in [2.05, 4.69) is 5.32 Å². The van der Waals surface area contributed by atoms with E-state index in [4.69, 9.17) is 4.74 Å². The molecule has 0 saturated carbocycles. The number of ether oxygens (including phenoxy) is 1. The third kappa shape index (κ3) is 9.29. The van der Waals surface area contributed by atoms with Crippen LogP contribution in [0.15, 0.2) is 30.3 Å². The molecule has 26 heavy (non-hydrogen) atoms. The lowest BCUT2D eigenvalue weighted by Gasteiger charge is -2.17. The Kier molecular flexibility index (Phi) is 11.9. The van der Waals surface area contributed by atoms with Crippen LogP contribution in [0.3, 0.4) is 0 Å². The highest BCUT2D eigenvalue weighted by molar-refractivity contribution is 8.14. The molecule has 1 rings (SSSR count). The SMILES string of the molecule is CCCCOC(=O)C(CCSC)NC(=O)CCSC(=O)c1ccccc1. The van der Waals surface area contributed by atoms with Crippen molar-refractivity contribution < 1.29 is 19.1 Å². The molecule has 0 spiro atoms. The maximum Gasteiger partial charge on any atom is 0.328 e. The first-order valence-corrected chi connectivity index (χ1v) is 11.1. The highest BCUT2D eigenvalue weighted by Crippen LogP contribution is 2.13. The Morgan fingerprint density at radius 1 is 1.15 bits per heavy atom. The van der Waals surface area contributed by atoms with E-state index < -0.39 is 6.04 Å². The van der Waals surface area contributed by atoms with Crippen molar-refractivity contribution in [3.05, 3.63) is 35.9 Å². The number of hydrogen-bond acceptors (Lipinski definition) is 6. The monoisotopic (exact) mass is 397 g/mol. The summed E-state index contributed by atoms with van der Waals surface area (Å²) >= 11 is 2.72. The number of nitrogens with one attached hydrogen (secondary N) is 1. The smallest absolute Gasteiger partial charge is 0.328 e. The van der Waals surface area contributed by atoms with Gasteiger partial charge >= 0.3 is 5.97 Å². The predicted molar refractivity (Wildman–Crippen MR) is 109 cm³/mol. The summed E-state index contributed by atoms with van der Waals surface area (Å²) in [5, 5.41) is 2.68. The highest BCUT2D eigenvalue weighted by atomic mass is 32.2. The number of esters is 1. The third-order valence-corrected chi connectivity index (χ3v) is 5.09. The number of carbonyl (C=O) groups excluding carboxylic acids is 3. The molecule has 0 bridgehead atoms. The summed E-state index contributed by atoms with van der Waals surface area (Å²) in [5.41, 5.74) is 0.621. The largest absolute Gasteiger partial charge is 0.464 e. The van der Waals surface area contributed by atoms with E-state index in [0.717, 1.165) is 30.4 Å². The first-order chi connectivity index (χ1) is 12.6. The second-order valence-electron chi connectivity index (χ2n) is 5.67. The highest BCUT2D eigenvalue weighted by Gasteiger charge is 2.21. The molecular weight excluding hydrogens is 370 g/mol. The van der Waals surface area contributed by atoms with Gasteiger partial charge in [0, 0.05) is 17.7 Å². The molecule has 1 aromatic rings. The van der Waals surface area contributed by atoms with Crippen molar-refractivity contribution in [3.63, 3.8) is 0 Å². The van der Waals surface area contributed by atoms with Gasteiger partial charge in [-0.2, -0.15) is 11.8 Å². The lowest BCUT2D eigenvalue weighted by atomic mass is 10.2. The average Bonchev–Trinajstić information content (AvgIpc) is 2.65. The summed E-state index contributed by atoms with van der Waals surface area (Å²) in [6.45, 7) is 2.40. The van der Waals surface area contributed by atoms with Gasteiger partial charge in [-0.15, -0.1) is 0 Å². The summed E-state index contributed by atoms with van der Waals surface area (Å²) in [6.07, 6.45) is 4.43. The van der Waals surface area contributed by atoms with Gasteiger partial charge in [-0.25, -0.2) is 4.79 Å². The van der Waals surface area contributed by atoms with Crippen LogP contribution in [0.25, 0.3) is 0 Å². The number of hydrogen-bond donors (Lipinski definition) is 1. The maximum absolute atomic E-state index is 12.1. The fourth-order valence-electron chi connectivity index (χ4n) is 2.06. The Bertz CT molecular complexity index is 566. The van der Waals surface area contributed by atoms with E-state index in [1.165, 1.54) is 0 Å². The molecule has 1 amide bonds. The van der Waals surface area contributed by atoms with Crippen molar-refractivity contribution in [2.75, 3.05) is 24.4 Å². The van der Waals surface area contributed by atoms with Crippen LogP contribution in [-0.2, 0) is 14.3 Å². The molecule has 0 aliphatic carbocycles. The molecule has 1 N–H and O–H groups in total. The zero-order valence-corrected chi connectivity index (χ0v) is 17.0. The molecule has 144 valence electrons. The average molecular weight is 398 g/mol. The summed E-state index contributed by atoms with van der Waals surface area (Å²) in [5.74, 6) is 0.514. The quantitative estimate of drug-likeness (QED) is 0.430. The lowest BCUT2D eigenvalue weighted by molar-refractivity contribution is -0.148. The Morgan fingerprint density at radius 3 is 2.54 bits per heavy atom. The van der Waals surface area contributed by atoms with Crippen LogP contribution < -0.4 is 5.32 Å². The second kappa shape index (κ2) is 13.7. The van der Waals surface area contributed by atoms with Gasteiger partial charge in [-0.1, -0.05) is 55.4 Å². The van der Waals surface area contributed by atoms with Crippen molar-refractivity contribution in [2.45, 2.75) is 38.6 Å². The zero-order valence-electron chi connectivity index (χ0n) is 15.4. The molecule has 0 aromatic heterocycles. The number of benzene rings is 1. The summed E-state index contributed by atoms with van der Waals surface area (Å²) in [6, 6.07) is 8.34. The molecule has 5 nitrogen and oxygen atoms in total. The van der Waals surface area contributed by atoms with Gasteiger partial charge in [0.25, 0.3) is 0 Å². The fraction of sp³-hybridized carbons (Fsp3) is 0.526. The van der Waals surface area contributed by atoms with Crippen LogP contribution in [0.1, 0.15) is 43.0 Å². The van der Waals surface area contributed by atoms with Crippen molar-refractivity contribution in [1.82, 2.24) is 5.32 Å². The molecule has 1 aromatic carbocycles. The second-order valence-corrected chi connectivity index (χ2v) is 7.73. The van der Waals surface area contributed by atoms with Crippen LogP contribution >= 0.6 is 23.5 Å². The van der Waals surface area contributed by atoms with Gasteiger partial charge in [-0.05, 0) is 24.9 Å². The van der Waals surface area contributed by atoms with Gasteiger partial charge in [0.05, 0.1) is 6.61 Å². The van der Waals surface area contributed by atoms with Gasteiger partial charge in [-0.3, -0.25) is 9.59 Å². The topological polar surface area (TPSA) is 72.5 Å². The van der Waals surface area contributed by atoms with Crippen molar-refractivity contribution >= 4 is 40.5 Å². The molecule has 0 saturated heterocycles. The molecule has 1 unspecified atom stereocenters. The first-order valence-electron chi connectivity index (χ1n) is 8.75. The van der Waals surface area contributed by atoms with Gasteiger partial charge in [0.15, 0.2) is 0 Å². The minimum Gasteiger partial charge on any atom is -0.464 e. The molecule has 0 radical (unpaired) electrons. The minimum atomic E-state index is -0.623. The molecule has 0 aliphatic heterocycles. The maximum atomic E-state index is 12.1. The zero-order chi connectivity index (χ0) is 19.2. The third-order valence-electron chi connectivity index (χ3n) is 3.54. The minimum absolute atomic E-state index is 0.0590. The van der Waals surface area contributed by atoms with Crippen LogP contribution in [0.5, 0.6) is 0 Å². The molecule has 0 aliphatic rings. The number of unbranched alkanes of at least 4 members (excludes halogenated alkanes) is 1. The Hall–Kier alpha value is -1.47. The molecule has 7 heteroatoms. The molecular formula is C19H27NO4S2. The van der Waals surface area contributed by atoms with Crippen LogP contribution in [0.4, 0.5) is 0 Å². The lowest BCUT2D eigenvalue weighted by Crippen LogP contribution is -2.42. The predicted octanol–water partition coefficient (Wildman–Crippen LogP) is 3.53. The first kappa shape index (κ1) is 22.6. The van der Waals surface area contributed by atoms with E-state index in [1.54, 1.807) is 36.0 Å². The molecule has 1 atom stereocenters. The van der Waals surface area contributed by atoms with E-state index in [9.17, 15) is 14.4 Å². The number of rotatable bonds is 12. The Labute approximate surface area is 164 Å². The molecule has 0 fully saturated rings. The number of thioether (sulfide) groups is 2. The standard InChI is InChI=1S/C19H27NO4S2/c1-3-4-12-24-18(22)16(10-13-25-2)20-17(21)11-14-26-19(23)15-8-6-5-7-9-15/h5-9,16H,3-4,10-14H2,1-2H3,(H,20,21). The Morgan fingerprint density at radius 2 is 1.88 bits per heavy atom. The van der Waals surface area contributed by atoms with Crippen LogP contribution in [-0.4, -0.2) is 47.4 Å². The van der Waals surface area contributed by atoms with E-state index in [0.29, 0.717) is 24.3 Å². The number of carbonyl (C=O) groups is 3. The van der Waals surface area contributed by atoms with Crippen molar-refractivity contribution in [1.29, 1.82) is 0 Å². The Balaban J connectivity index is 2.40.